The molecule has 0 saturated carbocycles. The largest absolute Gasteiger partial charge is 0.493 e. The molecular weight excluding hydrogens is 404 g/mol. The van der Waals surface area contributed by atoms with Crippen LogP contribution in [0.1, 0.15) is 43.2 Å². The predicted octanol–water partition coefficient (Wildman–Crippen LogP) is 3.61. The van der Waals surface area contributed by atoms with Crippen molar-refractivity contribution in [2.75, 3.05) is 6.61 Å². The topological polar surface area (TPSA) is 94.6 Å². The van der Waals surface area contributed by atoms with Gasteiger partial charge in [0.05, 0.1) is 11.9 Å². The predicted molar refractivity (Wildman–Crippen MR) is 113 cm³/mol. The molecule has 1 fully saturated rings. The summed E-state index contributed by atoms with van der Waals surface area (Å²) >= 11 is 1.03. The van der Waals surface area contributed by atoms with Crippen molar-refractivity contribution < 1.29 is 23.9 Å². The highest BCUT2D eigenvalue weighted by Crippen LogP contribution is 2.24. The molecule has 1 aliphatic rings. The second-order valence-corrected chi connectivity index (χ2v) is 8.07. The number of imide groups is 1. The van der Waals surface area contributed by atoms with E-state index >= 15 is 0 Å². The number of nitrogens with one attached hydrogen (secondary N) is 1. The third-order valence-electron chi connectivity index (χ3n) is 4.65. The summed E-state index contributed by atoms with van der Waals surface area (Å²) in [6, 6.07) is 11.3. The van der Waals surface area contributed by atoms with Crippen molar-refractivity contribution in [3.63, 3.8) is 0 Å². The summed E-state index contributed by atoms with van der Waals surface area (Å²) in [5.41, 5.74) is 2.71. The Balaban J connectivity index is 1.44. The molecule has 30 heavy (non-hydrogen) atoms. The summed E-state index contributed by atoms with van der Waals surface area (Å²) in [6.45, 7) is 4.06. The van der Waals surface area contributed by atoms with Crippen LogP contribution in [0.25, 0.3) is 0 Å². The second kappa shape index (κ2) is 10.2. The Labute approximate surface area is 179 Å². The number of carbonyl (C=O) groups is 3. The van der Waals surface area contributed by atoms with Crippen LogP contribution in [0.3, 0.4) is 0 Å². The molecule has 1 aliphatic heterocycles. The molecule has 2 unspecified atom stereocenters. The highest BCUT2D eigenvalue weighted by molar-refractivity contribution is 8.15. The number of benzene rings is 1. The van der Waals surface area contributed by atoms with Gasteiger partial charge in [-0.15, -0.1) is 0 Å². The van der Waals surface area contributed by atoms with Gasteiger partial charge in [0.15, 0.2) is 0 Å². The molecule has 0 radical (unpaired) electrons. The number of amides is 2. The standard InChI is InChI=1S/C22H24N2O5S/c1-3-20(25)29-14(2)16-6-7-17(23-13-16)10-11-28-18-8-4-15(5-9-18)12-19-21(26)24-22(27)30-19/h4-9,13-14,19H,3,10-12H2,1-2H3,(H,24,26,27). The molecule has 0 aliphatic carbocycles. The molecule has 1 aromatic carbocycles. The van der Waals surface area contributed by atoms with E-state index in [-0.39, 0.29) is 28.5 Å². The summed E-state index contributed by atoms with van der Waals surface area (Å²) in [5, 5.41) is 1.64. The van der Waals surface area contributed by atoms with Crippen molar-refractivity contribution in [3.8, 4) is 5.75 Å². The fraction of sp³-hybridized carbons (Fsp3) is 0.364. The zero-order valence-electron chi connectivity index (χ0n) is 16.9. The molecule has 1 saturated heterocycles. The average molecular weight is 429 g/mol. The van der Waals surface area contributed by atoms with Crippen LogP contribution in [0.5, 0.6) is 5.75 Å². The first kappa shape index (κ1) is 21.8. The number of ether oxygens (including phenoxy) is 2. The van der Waals surface area contributed by atoms with E-state index in [0.29, 0.717) is 25.9 Å². The van der Waals surface area contributed by atoms with E-state index in [4.69, 9.17) is 9.47 Å². The zero-order valence-corrected chi connectivity index (χ0v) is 17.7. The minimum absolute atomic E-state index is 0.232. The van der Waals surface area contributed by atoms with Gasteiger partial charge in [-0.25, -0.2) is 0 Å². The lowest BCUT2D eigenvalue weighted by Crippen LogP contribution is -2.25. The van der Waals surface area contributed by atoms with Crippen molar-refractivity contribution in [2.24, 2.45) is 0 Å². The molecule has 1 aromatic heterocycles. The van der Waals surface area contributed by atoms with E-state index in [1.54, 1.807) is 13.1 Å². The van der Waals surface area contributed by atoms with Crippen LogP contribution < -0.4 is 10.1 Å². The average Bonchev–Trinajstić information content (AvgIpc) is 3.06. The zero-order chi connectivity index (χ0) is 21.5. The molecule has 2 heterocycles. The van der Waals surface area contributed by atoms with E-state index in [0.717, 1.165) is 34.3 Å². The molecule has 1 N–H and O–H groups in total. The molecule has 2 amide bonds. The molecule has 0 spiro atoms. The molecule has 8 heteroatoms. The Hall–Kier alpha value is -2.87. The van der Waals surface area contributed by atoms with Crippen molar-refractivity contribution in [3.05, 3.63) is 59.4 Å². The van der Waals surface area contributed by atoms with Gasteiger partial charge >= 0.3 is 5.97 Å². The molecular formula is C22H24N2O5S. The number of thioether (sulfide) groups is 1. The lowest BCUT2D eigenvalue weighted by molar-refractivity contribution is -0.148. The van der Waals surface area contributed by atoms with Gasteiger partial charge in [-0.3, -0.25) is 24.7 Å². The third kappa shape index (κ3) is 6.06. The van der Waals surface area contributed by atoms with Crippen LogP contribution >= 0.6 is 11.8 Å². The molecule has 2 aromatic rings. The van der Waals surface area contributed by atoms with Crippen LogP contribution in [0.4, 0.5) is 4.79 Å². The summed E-state index contributed by atoms with van der Waals surface area (Å²) < 4.78 is 11.1. The number of hydrogen-bond acceptors (Lipinski definition) is 7. The van der Waals surface area contributed by atoms with Gasteiger partial charge in [-0.05, 0) is 37.1 Å². The Morgan fingerprint density at radius 1 is 1.20 bits per heavy atom. The van der Waals surface area contributed by atoms with Crippen molar-refractivity contribution in [1.29, 1.82) is 0 Å². The van der Waals surface area contributed by atoms with E-state index < -0.39 is 0 Å². The van der Waals surface area contributed by atoms with Crippen molar-refractivity contribution >= 4 is 28.9 Å². The smallest absolute Gasteiger partial charge is 0.306 e. The Bertz CT molecular complexity index is 899. The van der Waals surface area contributed by atoms with Crippen LogP contribution in [-0.2, 0) is 27.2 Å². The first-order valence-electron chi connectivity index (χ1n) is 9.82. The van der Waals surface area contributed by atoms with Gasteiger partial charge in [0.25, 0.3) is 5.24 Å². The maximum absolute atomic E-state index is 11.6. The van der Waals surface area contributed by atoms with Crippen molar-refractivity contribution in [1.82, 2.24) is 10.3 Å². The molecule has 2 atom stereocenters. The first-order chi connectivity index (χ1) is 14.4. The maximum Gasteiger partial charge on any atom is 0.306 e. The van der Waals surface area contributed by atoms with E-state index in [2.05, 4.69) is 10.3 Å². The fourth-order valence-electron chi connectivity index (χ4n) is 2.91. The summed E-state index contributed by atoms with van der Waals surface area (Å²) in [4.78, 5) is 38.7. The fourth-order valence-corrected chi connectivity index (χ4v) is 3.77. The Morgan fingerprint density at radius 3 is 2.57 bits per heavy atom. The number of aromatic nitrogens is 1. The highest BCUT2D eigenvalue weighted by Gasteiger charge is 2.31. The molecule has 158 valence electrons. The third-order valence-corrected chi connectivity index (χ3v) is 5.63. The number of hydrogen-bond donors (Lipinski definition) is 1. The molecule has 7 nitrogen and oxygen atoms in total. The van der Waals surface area contributed by atoms with Crippen molar-refractivity contribution in [2.45, 2.75) is 44.5 Å². The second-order valence-electron chi connectivity index (χ2n) is 6.90. The number of nitrogens with zero attached hydrogens (tertiary/aromatic N) is 1. The Morgan fingerprint density at radius 2 is 1.97 bits per heavy atom. The quantitative estimate of drug-likeness (QED) is 0.610. The van der Waals surface area contributed by atoms with Gasteiger partial charge < -0.3 is 9.47 Å². The summed E-state index contributed by atoms with van der Waals surface area (Å²) in [5.74, 6) is 0.265. The normalized spacial score (nSPS) is 16.8. The Kier molecular flexibility index (Phi) is 7.46. The monoisotopic (exact) mass is 428 g/mol. The number of rotatable bonds is 9. The van der Waals surface area contributed by atoms with Gasteiger partial charge in [-0.1, -0.05) is 36.9 Å². The summed E-state index contributed by atoms with van der Waals surface area (Å²) in [7, 11) is 0. The lowest BCUT2D eigenvalue weighted by Gasteiger charge is -2.13. The van der Waals surface area contributed by atoms with Crippen LogP contribution in [0, 0.1) is 0 Å². The maximum atomic E-state index is 11.6. The van der Waals surface area contributed by atoms with Gasteiger partial charge in [0, 0.05) is 30.3 Å². The minimum atomic E-state index is -0.369. The van der Waals surface area contributed by atoms with Crippen LogP contribution in [0.2, 0.25) is 0 Å². The SMILES string of the molecule is CCC(=O)OC(C)c1ccc(CCOc2ccc(CC3SC(=O)NC3=O)cc2)nc1. The van der Waals surface area contributed by atoms with Crippen LogP contribution in [-0.4, -0.2) is 34.0 Å². The summed E-state index contributed by atoms with van der Waals surface area (Å²) in [6.07, 6.45) is 2.90. The van der Waals surface area contributed by atoms with Gasteiger partial charge in [0.2, 0.25) is 5.91 Å². The van der Waals surface area contributed by atoms with Gasteiger partial charge in [0.1, 0.15) is 11.9 Å². The molecule has 0 bridgehead atoms. The van der Waals surface area contributed by atoms with E-state index in [1.807, 2.05) is 43.3 Å². The minimum Gasteiger partial charge on any atom is -0.493 e. The number of carbonyl (C=O) groups excluding carboxylic acids is 3. The van der Waals surface area contributed by atoms with Crippen LogP contribution in [0.15, 0.2) is 42.6 Å². The first-order valence-corrected chi connectivity index (χ1v) is 10.7. The number of esters is 1. The van der Waals surface area contributed by atoms with Gasteiger partial charge in [-0.2, -0.15) is 0 Å². The highest BCUT2D eigenvalue weighted by atomic mass is 32.2. The molecule has 3 rings (SSSR count). The number of pyridine rings is 1. The van der Waals surface area contributed by atoms with E-state index in [9.17, 15) is 14.4 Å². The lowest BCUT2D eigenvalue weighted by atomic mass is 10.1. The van der Waals surface area contributed by atoms with E-state index in [1.165, 1.54) is 0 Å².